The van der Waals surface area contributed by atoms with Gasteiger partial charge in [0.05, 0.1) is 16.8 Å². The molecule has 1 atom stereocenters. The Bertz CT molecular complexity index is 1000. The molecule has 0 aliphatic carbocycles. The van der Waals surface area contributed by atoms with E-state index in [1.165, 1.54) is 7.05 Å². The lowest BCUT2D eigenvalue weighted by atomic mass is 10.2. The van der Waals surface area contributed by atoms with Crippen LogP contribution < -0.4 is 10.0 Å². The molecule has 0 saturated carbocycles. The second-order valence-electron chi connectivity index (χ2n) is 6.02. The number of sulfonamides is 1. The number of amides is 1. The molecular formula is C15H15ClF4N4O3S. The molecule has 0 fully saturated rings. The van der Waals surface area contributed by atoms with Crippen LogP contribution in [0.1, 0.15) is 24.3 Å². The van der Waals surface area contributed by atoms with Crippen molar-refractivity contribution in [2.24, 2.45) is 7.05 Å². The highest BCUT2D eigenvalue weighted by Crippen LogP contribution is 2.29. The summed E-state index contributed by atoms with van der Waals surface area (Å²) in [5.74, 6) is -6.69. The summed E-state index contributed by atoms with van der Waals surface area (Å²) in [5, 5.41) is 1.60. The minimum Gasteiger partial charge on any atom is -0.344 e. The largest absolute Gasteiger partial charge is 0.344 e. The van der Waals surface area contributed by atoms with Gasteiger partial charge in [-0.25, -0.2) is 21.9 Å². The number of hydrogen-bond donors (Lipinski definition) is 2. The fourth-order valence-corrected chi connectivity index (χ4v) is 4.14. The van der Waals surface area contributed by atoms with E-state index in [2.05, 4.69) is 10.3 Å². The average molecular weight is 443 g/mol. The van der Waals surface area contributed by atoms with E-state index in [1.807, 2.05) is 0 Å². The maximum Gasteiger partial charge on any atom is 0.273 e. The van der Waals surface area contributed by atoms with Crippen LogP contribution in [0.4, 0.5) is 23.2 Å². The van der Waals surface area contributed by atoms with Gasteiger partial charge in [0.25, 0.3) is 11.8 Å². The maximum absolute atomic E-state index is 13.3. The van der Waals surface area contributed by atoms with Gasteiger partial charge in [0, 0.05) is 32.3 Å². The second kappa shape index (κ2) is 7.68. The quantitative estimate of drug-likeness (QED) is 0.531. The standard InChI is InChI=1S/C15H15ClF4N4O3S/c1-7(15(2,19)20)23-28(26,27)9-6-24(3)13(12(9)16)14(25)21-8-4-10(17)22-11(18)5-8/h4-7,23H,1-3H3,(H,21,22,25). The van der Waals surface area contributed by atoms with Gasteiger partial charge in [-0.15, -0.1) is 0 Å². The van der Waals surface area contributed by atoms with Crippen LogP contribution >= 0.6 is 11.6 Å². The first kappa shape index (κ1) is 22.1. The highest BCUT2D eigenvalue weighted by Gasteiger charge is 2.36. The Morgan fingerprint density at radius 3 is 2.32 bits per heavy atom. The van der Waals surface area contributed by atoms with Gasteiger partial charge in [0.15, 0.2) is 0 Å². The number of hydrogen-bond acceptors (Lipinski definition) is 4. The highest BCUT2D eigenvalue weighted by molar-refractivity contribution is 7.89. The first-order valence-corrected chi connectivity index (χ1v) is 9.48. The molecule has 0 aliphatic rings. The zero-order valence-electron chi connectivity index (χ0n) is 14.7. The summed E-state index contributed by atoms with van der Waals surface area (Å²) in [5.41, 5.74) is -0.648. The molecule has 0 aromatic carbocycles. The molecule has 0 bridgehead atoms. The second-order valence-corrected chi connectivity index (χ2v) is 8.08. The average Bonchev–Trinajstić information content (AvgIpc) is 2.80. The predicted octanol–water partition coefficient (Wildman–Crippen LogP) is 2.93. The van der Waals surface area contributed by atoms with Crippen LogP contribution in [0.2, 0.25) is 5.02 Å². The number of alkyl halides is 2. The van der Waals surface area contributed by atoms with Crippen LogP contribution in [-0.4, -0.2) is 35.8 Å². The van der Waals surface area contributed by atoms with E-state index in [9.17, 15) is 30.8 Å². The predicted molar refractivity (Wildman–Crippen MR) is 92.9 cm³/mol. The number of halogens is 5. The van der Waals surface area contributed by atoms with Crippen LogP contribution in [0.25, 0.3) is 0 Å². The summed E-state index contributed by atoms with van der Waals surface area (Å²) >= 11 is 5.99. The van der Waals surface area contributed by atoms with Crippen molar-refractivity contribution in [2.75, 3.05) is 5.32 Å². The molecule has 0 aliphatic heterocycles. The number of carbonyl (C=O) groups excluding carboxylic acids is 1. The Morgan fingerprint density at radius 1 is 1.29 bits per heavy atom. The van der Waals surface area contributed by atoms with Crippen molar-refractivity contribution in [2.45, 2.75) is 30.7 Å². The Kier molecular flexibility index (Phi) is 6.07. The summed E-state index contributed by atoms with van der Waals surface area (Å²) < 4.78 is 80.4. The molecule has 2 aromatic heterocycles. The van der Waals surface area contributed by atoms with Crippen molar-refractivity contribution >= 4 is 33.2 Å². The monoisotopic (exact) mass is 442 g/mol. The summed E-state index contributed by atoms with van der Waals surface area (Å²) in [6, 6.07) is -0.266. The molecule has 0 saturated heterocycles. The number of aryl methyl sites for hydroxylation is 1. The summed E-state index contributed by atoms with van der Waals surface area (Å²) in [6.07, 6.45) is 0.952. The lowest BCUT2D eigenvalue weighted by Gasteiger charge is -2.20. The van der Waals surface area contributed by atoms with Crippen molar-refractivity contribution < 1.29 is 30.8 Å². The minimum absolute atomic E-state index is 0.283. The van der Waals surface area contributed by atoms with Crippen molar-refractivity contribution in [3.63, 3.8) is 0 Å². The topological polar surface area (TPSA) is 93.1 Å². The summed E-state index contributed by atoms with van der Waals surface area (Å²) in [6.45, 7) is 1.51. The summed E-state index contributed by atoms with van der Waals surface area (Å²) in [7, 11) is -3.20. The van der Waals surface area contributed by atoms with E-state index in [1.54, 1.807) is 4.72 Å². The first-order chi connectivity index (χ1) is 12.7. The van der Waals surface area contributed by atoms with E-state index in [0.29, 0.717) is 6.92 Å². The molecule has 1 unspecified atom stereocenters. The van der Waals surface area contributed by atoms with Crippen LogP contribution in [-0.2, 0) is 17.1 Å². The molecule has 2 aromatic rings. The van der Waals surface area contributed by atoms with Gasteiger partial charge in [-0.1, -0.05) is 11.6 Å². The molecular weight excluding hydrogens is 428 g/mol. The van der Waals surface area contributed by atoms with Crippen molar-refractivity contribution in [1.82, 2.24) is 14.3 Å². The molecule has 0 radical (unpaired) electrons. The number of nitrogens with one attached hydrogen (secondary N) is 2. The van der Waals surface area contributed by atoms with Crippen LogP contribution in [0.3, 0.4) is 0 Å². The first-order valence-electron chi connectivity index (χ1n) is 7.61. The van der Waals surface area contributed by atoms with Gasteiger partial charge in [0.1, 0.15) is 10.6 Å². The summed E-state index contributed by atoms with van der Waals surface area (Å²) in [4.78, 5) is 14.6. The highest BCUT2D eigenvalue weighted by atomic mass is 35.5. The Hall–Kier alpha value is -2.18. The normalized spacial score (nSPS) is 13.4. The SMILES string of the molecule is CC(NS(=O)(=O)c1cn(C)c(C(=O)Nc2cc(F)nc(F)c2)c1Cl)C(C)(F)F. The molecule has 13 heteroatoms. The van der Waals surface area contributed by atoms with Gasteiger partial charge < -0.3 is 9.88 Å². The molecule has 7 nitrogen and oxygen atoms in total. The molecule has 154 valence electrons. The molecule has 28 heavy (non-hydrogen) atoms. The smallest absolute Gasteiger partial charge is 0.273 e. The lowest BCUT2D eigenvalue weighted by Crippen LogP contribution is -2.43. The molecule has 2 rings (SSSR count). The van der Waals surface area contributed by atoms with Crippen molar-refractivity contribution in [3.8, 4) is 0 Å². The van der Waals surface area contributed by atoms with Crippen molar-refractivity contribution in [1.29, 1.82) is 0 Å². The Labute approximate surface area is 162 Å². The van der Waals surface area contributed by atoms with Crippen molar-refractivity contribution in [3.05, 3.63) is 40.9 Å². The van der Waals surface area contributed by atoms with E-state index in [4.69, 9.17) is 11.6 Å². The van der Waals surface area contributed by atoms with Gasteiger partial charge in [-0.2, -0.15) is 13.8 Å². The molecule has 0 spiro atoms. The van der Waals surface area contributed by atoms with E-state index in [0.717, 1.165) is 29.8 Å². The van der Waals surface area contributed by atoms with Crippen LogP contribution in [0.5, 0.6) is 0 Å². The molecule has 1 amide bonds. The third kappa shape index (κ3) is 4.80. The van der Waals surface area contributed by atoms with Gasteiger partial charge in [-0.3, -0.25) is 4.79 Å². The zero-order valence-corrected chi connectivity index (χ0v) is 16.3. The van der Waals surface area contributed by atoms with Gasteiger partial charge in [-0.05, 0) is 6.92 Å². The molecule has 2 N–H and O–H groups in total. The third-order valence-corrected chi connectivity index (χ3v) is 5.75. The number of nitrogens with zero attached hydrogens (tertiary/aromatic N) is 2. The van der Waals surface area contributed by atoms with E-state index < -0.39 is 49.7 Å². The number of aromatic nitrogens is 2. The fraction of sp³-hybridized carbons (Fsp3) is 0.333. The van der Waals surface area contributed by atoms with Gasteiger partial charge >= 0.3 is 0 Å². The van der Waals surface area contributed by atoms with E-state index >= 15 is 0 Å². The van der Waals surface area contributed by atoms with Crippen LogP contribution in [0.15, 0.2) is 23.2 Å². The Morgan fingerprint density at radius 2 is 1.82 bits per heavy atom. The fourth-order valence-electron chi connectivity index (χ4n) is 2.14. The van der Waals surface area contributed by atoms with Gasteiger partial charge in [0.2, 0.25) is 21.9 Å². The Balaban J connectivity index is 2.36. The van der Waals surface area contributed by atoms with Crippen LogP contribution in [0, 0.1) is 11.9 Å². The number of carbonyl (C=O) groups is 1. The maximum atomic E-state index is 13.3. The number of anilines is 1. The zero-order chi connectivity index (χ0) is 21.4. The number of pyridine rings is 1. The molecule has 2 heterocycles. The minimum atomic E-state index is -4.49. The third-order valence-electron chi connectivity index (χ3n) is 3.71. The number of rotatable bonds is 6. The lowest BCUT2D eigenvalue weighted by molar-refractivity contribution is -0.00488. The van der Waals surface area contributed by atoms with E-state index in [-0.39, 0.29) is 11.4 Å².